The Hall–Kier alpha value is -2.70. The van der Waals surface area contributed by atoms with E-state index in [4.69, 9.17) is 5.11 Å². The normalized spacial score (nSPS) is 10.3. The van der Waals surface area contributed by atoms with Gasteiger partial charge in [0.2, 0.25) is 5.91 Å². The predicted molar refractivity (Wildman–Crippen MR) is 72.3 cm³/mol. The lowest BCUT2D eigenvalue weighted by molar-refractivity contribution is -0.120. The number of hydrogen-bond acceptors (Lipinski definition) is 3. The van der Waals surface area contributed by atoms with Crippen molar-refractivity contribution >= 4 is 11.9 Å². The van der Waals surface area contributed by atoms with Gasteiger partial charge in [-0.1, -0.05) is 18.2 Å². The highest BCUT2D eigenvalue weighted by molar-refractivity contribution is 5.84. The van der Waals surface area contributed by atoms with Crippen LogP contribution in [-0.4, -0.2) is 33.1 Å². The van der Waals surface area contributed by atoms with E-state index < -0.39 is 11.8 Å². The molecule has 1 aromatic carbocycles. The number of carboxylic acids is 1. The van der Waals surface area contributed by atoms with Gasteiger partial charge in [-0.05, 0) is 11.6 Å². The molecule has 0 saturated carbocycles. The molecular formula is C14H14FN3O3. The van der Waals surface area contributed by atoms with Gasteiger partial charge in [-0.15, -0.1) is 0 Å². The van der Waals surface area contributed by atoms with E-state index in [1.807, 2.05) is 0 Å². The van der Waals surface area contributed by atoms with Gasteiger partial charge in [0.1, 0.15) is 5.82 Å². The van der Waals surface area contributed by atoms with Gasteiger partial charge in [-0.25, -0.2) is 14.2 Å². The summed E-state index contributed by atoms with van der Waals surface area (Å²) in [5, 5.41) is 11.4. The van der Waals surface area contributed by atoms with Crippen LogP contribution in [0.25, 0.3) is 0 Å². The van der Waals surface area contributed by atoms with Gasteiger partial charge in [0.05, 0.1) is 12.7 Å². The molecule has 2 N–H and O–H groups in total. The van der Waals surface area contributed by atoms with Crippen molar-refractivity contribution in [2.75, 3.05) is 6.54 Å². The van der Waals surface area contributed by atoms with Gasteiger partial charge in [0, 0.05) is 19.3 Å². The fraction of sp³-hybridized carbons (Fsp3) is 0.214. The number of rotatable bonds is 6. The van der Waals surface area contributed by atoms with Crippen LogP contribution in [0, 0.1) is 5.82 Å². The summed E-state index contributed by atoms with van der Waals surface area (Å²) in [6.07, 6.45) is 2.73. The lowest BCUT2D eigenvalue weighted by atomic mass is 10.1. The maximum absolute atomic E-state index is 13.4. The van der Waals surface area contributed by atoms with Crippen LogP contribution in [0.5, 0.6) is 0 Å². The first-order valence-electron chi connectivity index (χ1n) is 6.31. The molecule has 6 nitrogen and oxygen atoms in total. The first kappa shape index (κ1) is 14.7. The van der Waals surface area contributed by atoms with E-state index in [-0.39, 0.29) is 18.0 Å². The second-order valence-corrected chi connectivity index (χ2v) is 4.42. The molecule has 0 spiro atoms. The Bertz CT molecular complexity index is 654. The van der Waals surface area contributed by atoms with Crippen molar-refractivity contribution in [3.8, 4) is 0 Å². The third-order valence-electron chi connectivity index (χ3n) is 2.85. The fourth-order valence-corrected chi connectivity index (χ4v) is 1.79. The zero-order valence-corrected chi connectivity index (χ0v) is 11.1. The average molecular weight is 291 g/mol. The number of nitrogens with one attached hydrogen (secondary N) is 1. The molecule has 0 radical (unpaired) electrons. The Morgan fingerprint density at radius 2 is 2.10 bits per heavy atom. The first-order chi connectivity index (χ1) is 10.1. The molecule has 0 unspecified atom stereocenters. The van der Waals surface area contributed by atoms with Crippen LogP contribution in [-0.2, 0) is 17.8 Å². The van der Waals surface area contributed by atoms with Crippen molar-refractivity contribution in [3.05, 3.63) is 53.9 Å². The molecule has 1 heterocycles. The molecular weight excluding hydrogens is 277 g/mol. The number of hydrogen-bond donors (Lipinski definition) is 2. The zero-order chi connectivity index (χ0) is 15.2. The SMILES string of the molecule is O=C(Cc1ccccc1F)NCCn1cnc(C(=O)O)c1. The summed E-state index contributed by atoms with van der Waals surface area (Å²) in [5.41, 5.74) is 0.290. The van der Waals surface area contributed by atoms with E-state index in [2.05, 4.69) is 10.3 Å². The third kappa shape index (κ3) is 4.13. The molecule has 0 aliphatic carbocycles. The van der Waals surface area contributed by atoms with Gasteiger partial charge >= 0.3 is 5.97 Å². The van der Waals surface area contributed by atoms with Crippen LogP contribution >= 0.6 is 0 Å². The van der Waals surface area contributed by atoms with Gasteiger partial charge in [-0.2, -0.15) is 0 Å². The third-order valence-corrected chi connectivity index (χ3v) is 2.85. The van der Waals surface area contributed by atoms with Crippen LogP contribution in [0.4, 0.5) is 4.39 Å². The Balaban J connectivity index is 1.79. The second-order valence-electron chi connectivity index (χ2n) is 4.42. The summed E-state index contributed by atoms with van der Waals surface area (Å²) in [4.78, 5) is 26.0. The summed E-state index contributed by atoms with van der Waals surface area (Å²) in [6.45, 7) is 0.700. The van der Waals surface area contributed by atoms with Gasteiger partial charge in [-0.3, -0.25) is 4.79 Å². The highest BCUT2D eigenvalue weighted by Gasteiger charge is 2.08. The number of benzene rings is 1. The van der Waals surface area contributed by atoms with Gasteiger partial charge in [0.15, 0.2) is 5.69 Å². The maximum atomic E-state index is 13.4. The number of nitrogens with zero attached hydrogens (tertiary/aromatic N) is 2. The van der Waals surface area contributed by atoms with E-state index in [1.165, 1.54) is 18.6 Å². The molecule has 0 aliphatic rings. The lowest BCUT2D eigenvalue weighted by Crippen LogP contribution is -2.28. The highest BCUT2D eigenvalue weighted by atomic mass is 19.1. The number of aromatic carboxylic acids is 1. The molecule has 0 fully saturated rings. The number of amides is 1. The van der Waals surface area contributed by atoms with Crippen molar-refractivity contribution in [2.24, 2.45) is 0 Å². The Morgan fingerprint density at radius 3 is 2.76 bits per heavy atom. The van der Waals surface area contributed by atoms with E-state index in [1.54, 1.807) is 22.8 Å². The fourth-order valence-electron chi connectivity index (χ4n) is 1.79. The molecule has 0 atom stereocenters. The predicted octanol–water partition coefficient (Wildman–Crippen LogP) is 1.08. The van der Waals surface area contributed by atoms with Crippen LogP contribution in [0.3, 0.4) is 0 Å². The number of imidazole rings is 1. The minimum atomic E-state index is -1.10. The Morgan fingerprint density at radius 1 is 1.33 bits per heavy atom. The number of carbonyl (C=O) groups excluding carboxylic acids is 1. The van der Waals surface area contributed by atoms with E-state index in [9.17, 15) is 14.0 Å². The van der Waals surface area contributed by atoms with Crippen molar-refractivity contribution in [1.82, 2.24) is 14.9 Å². The van der Waals surface area contributed by atoms with Crippen molar-refractivity contribution in [2.45, 2.75) is 13.0 Å². The molecule has 0 saturated heterocycles. The topological polar surface area (TPSA) is 84.2 Å². The summed E-state index contributed by atoms with van der Waals surface area (Å²) in [5.74, 6) is -1.80. The number of carbonyl (C=O) groups is 2. The highest BCUT2D eigenvalue weighted by Crippen LogP contribution is 2.06. The van der Waals surface area contributed by atoms with Crippen molar-refractivity contribution in [3.63, 3.8) is 0 Å². The molecule has 110 valence electrons. The van der Waals surface area contributed by atoms with E-state index in [0.717, 1.165) is 0 Å². The van der Waals surface area contributed by atoms with Crippen LogP contribution in [0.1, 0.15) is 16.1 Å². The number of halogens is 1. The summed E-state index contributed by atoms with van der Waals surface area (Å²) >= 11 is 0. The van der Waals surface area contributed by atoms with Crippen LogP contribution in [0.2, 0.25) is 0 Å². The second kappa shape index (κ2) is 6.65. The maximum Gasteiger partial charge on any atom is 0.356 e. The smallest absolute Gasteiger partial charge is 0.356 e. The number of aromatic nitrogens is 2. The first-order valence-corrected chi connectivity index (χ1v) is 6.31. The average Bonchev–Trinajstić information content (AvgIpc) is 2.90. The minimum absolute atomic E-state index is 0.0308. The molecule has 1 amide bonds. The molecule has 0 bridgehead atoms. The molecule has 2 aromatic rings. The van der Waals surface area contributed by atoms with Crippen LogP contribution in [0.15, 0.2) is 36.8 Å². The van der Waals surface area contributed by atoms with Crippen molar-refractivity contribution < 1.29 is 19.1 Å². The largest absolute Gasteiger partial charge is 0.476 e. The quantitative estimate of drug-likeness (QED) is 0.834. The summed E-state index contributed by atoms with van der Waals surface area (Å²) < 4.78 is 14.9. The monoisotopic (exact) mass is 291 g/mol. The van der Waals surface area contributed by atoms with Crippen molar-refractivity contribution in [1.29, 1.82) is 0 Å². The van der Waals surface area contributed by atoms with Gasteiger partial charge < -0.3 is 15.0 Å². The molecule has 21 heavy (non-hydrogen) atoms. The number of carboxylic acid groups (broad SMARTS) is 1. The van der Waals surface area contributed by atoms with E-state index in [0.29, 0.717) is 18.7 Å². The van der Waals surface area contributed by atoms with Gasteiger partial charge in [0.25, 0.3) is 0 Å². The van der Waals surface area contributed by atoms with E-state index >= 15 is 0 Å². The molecule has 7 heteroatoms. The Kier molecular flexibility index (Phi) is 4.65. The molecule has 0 aliphatic heterocycles. The minimum Gasteiger partial charge on any atom is -0.476 e. The molecule has 1 aromatic heterocycles. The lowest BCUT2D eigenvalue weighted by Gasteiger charge is -2.06. The van der Waals surface area contributed by atoms with Crippen LogP contribution < -0.4 is 5.32 Å². The zero-order valence-electron chi connectivity index (χ0n) is 11.1. The standard InChI is InChI=1S/C14H14FN3O3/c15-11-4-2-1-3-10(11)7-13(19)16-5-6-18-8-12(14(20)21)17-9-18/h1-4,8-9H,5-7H2,(H,16,19)(H,20,21). The Labute approximate surface area is 120 Å². The summed E-state index contributed by atoms with van der Waals surface area (Å²) in [7, 11) is 0. The summed E-state index contributed by atoms with van der Waals surface area (Å²) in [6, 6.07) is 6.10. The molecule has 2 rings (SSSR count).